The maximum atomic E-state index is 13.0. The molecule has 0 atom stereocenters. The Morgan fingerprint density at radius 2 is 1.59 bits per heavy atom. The summed E-state index contributed by atoms with van der Waals surface area (Å²) >= 11 is 0. The Morgan fingerprint density at radius 3 is 2.17 bits per heavy atom. The van der Waals surface area contributed by atoms with Crippen LogP contribution in [0.15, 0.2) is 70.3 Å². The average Bonchev–Trinajstić information content (AvgIpc) is 2.99. The lowest BCUT2D eigenvalue weighted by atomic mass is 10.2. The summed E-state index contributed by atoms with van der Waals surface area (Å²) in [5.41, 5.74) is -3.51. The van der Waals surface area contributed by atoms with Crippen molar-refractivity contribution in [1.29, 1.82) is 0 Å². The molecule has 5 nitrogen and oxygen atoms in total. The van der Waals surface area contributed by atoms with Gasteiger partial charge in [0.25, 0.3) is 9.84 Å². The molecule has 2 aromatic carbocycles. The fourth-order valence-electron chi connectivity index (χ4n) is 3.19. The van der Waals surface area contributed by atoms with Gasteiger partial charge in [-0.3, -0.25) is 4.99 Å². The summed E-state index contributed by atoms with van der Waals surface area (Å²) in [6, 6.07) is 12.8. The minimum absolute atomic E-state index is 0.416. The van der Waals surface area contributed by atoms with Crippen LogP contribution in [0.3, 0.4) is 0 Å². The van der Waals surface area contributed by atoms with Crippen molar-refractivity contribution < 1.29 is 21.6 Å². The number of allylic oxidation sites excluding steroid dienone is 1. The topological polar surface area (TPSA) is 53.0 Å². The molecular weight excluding hydrogens is 403 g/mol. The zero-order valence-corrected chi connectivity index (χ0v) is 16.7. The second kappa shape index (κ2) is 7.90. The molecule has 9 heteroatoms. The lowest BCUT2D eigenvalue weighted by molar-refractivity contribution is -0.0435. The molecule has 0 saturated carbocycles. The second-order valence-corrected chi connectivity index (χ2v) is 8.17. The zero-order valence-electron chi connectivity index (χ0n) is 15.9. The maximum Gasteiger partial charge on any atom is 0.501 e. The third kappa shape index (κ3) is 3.87. The van der Waals surface area contributed by atoms with Crippen LogP contribution in [0.5, 0.6) is 0 Å². The van der Waals surface area contributed by atoms with Crippen LogP contribution in [0, 0.1) is 0 Å². The molecule has 0 aromatic heterocycles. The van der Waals surface area contributed by atoms with Gasteiger partial charge in [-0.25, -0.2) is 8.42 Å². The van der Waals surface area contributed by atoms with E-state index in [4.69, 9.17) is 0 Å². The summed E-state index contributed by atoms with van der Waals surface area (Å²) in [5, 5.41) is 0. The predicted molar refractivity (Wildman–Crippen MR) is 108 cm³/mol. The van der Waals surface area contributed by atoms with Crippen molar-refractivity contribution in [3.05, 3.63) is 60.4 Å². The van der Waals surface area contributed by atoms with Crippen LogP contribution in [0.25, 0.3) is 0 Å². The van der Waals surface area contributed by atoms with Gasteiger partial charge in [-0.05, 0) is 50.3 Å². The Kier molecular flexibility index (Phi) is 5.70. The largest absolute Gasteiger partial charge is 0.501 e. The number of benzene rings is 2. The number of halogens is 3. The van der Waals surface area contributed by atoms with E-state index in [0.717, 1.165) is 17.8 Å². The number of hydrogen-bond donors (Lipinski definition) is 0. The normalized spacial score (nSPS) is 16.1. The van der Waals surface area contributed by atoms with Gasteiger partial charge in [0, 0.05) is 19.3 Å². The van der Waals surface area contributed by atoms with Crippen LogP contribution < -0.4 is 9.80 Å². The molecule has 1 aliphatic rings. The van der Waals surface area contributed by atoms with E-state index in [2.05, 4.69) is 4.99 Å². The third-order valence-corrected chi connectivity index (χ3v) is 6.02. The minimum Gasteiger partial charge on any atom is -0.326 e. The fourth-order valence-corrected chi connectivity index (χ4v) is 3.97. The smallest absolute Gasteiger partial charge is 0.326 e. The Labute approximate surface area is 167 Å². The summed E-state index contributed by atoms with van der Waals surface area (Å²) < 4.78 is 62.5. The first kappa shape index (κ1) is 20.9. The Morgan fingerprint density at radius 1 is 0.966 bits per heavy atom. The van der Waals surface area contributed by atoms with E-state index in [1.54, 1.807) is 17.2 Å². The average molecular weight is 423 g/mol. The van der Waals surface area contributed by atoms with E-state index in [1.807, 2.05) is 49.1 Å². The summed E-state index contributed by atoms with van der Waals surface area (Å²) in [5.74, 6) is 0.714. The van der Waals surface area contributed by atoms with Crippen LogP contribution in [-0.2, 0) is 9.84 Å². The van der Waals surface area contributed by atoms with Crippen LogP contribution in [0.1, 0.15) is 13.8 Å². The summed E-state index contributed by atoms with van der Waals surface area (Å²) in [6.45, 7) is 4.76. The molecule has 1 aliphatic heterocycles. The van der Waals surface area contributed by atoms with Crippen molar-refractivity contribution in [2.24, 2.45) is 4.99 Å². The Balaban J connectivity index is 2.03. The number of sulfone groups is 1. The Hall–Kier alpha value is -2.81. The number of fused-ring (bicyclic) bond motifs is 1. The quantitative estimate of drug-likeness (QED) is 0.643. The molecule has 0 fully saturated rings. The number of nitrogens with zero attached hydrogens (tertiary/aromatic N) is 3. The molecule has 0 radical (unpaired) electrons. The molecule has 0 aliphatic carbocycles. The van der Waals surface area contributed by atoms with E-state index in [0.29, 0.717) is 30.3 Å². The van der Waals surface area contributed by atoms with E-state index in [9.17, 15) is 21.6 Å². The molecule has 0 N–H and O–H groups in total. The lowest BCUT2D eigenvalue weighted by Gasteiger charge is -2.22. The molecule has 0 saturated heterocycles. The van der Waals surface area contributed by atoms with Crippen molar-refractivity contribution in [1.82, 2.24) is 0 Å². The number of para-hydroxylation sites is 1. The predicted octanol–water partition coefficient (Wildman–Crippen LogP) is 4.89. The van der Waals surface area contributed by atoms with Crippen molar-refractivity contribution >= 4 is 33.1 Å². The highest BCUT2D eigenvalue weighted by molar-refractivity contribution is 7.92. The highest BCUT2D eigenvalue weighted by Gasteiger charge is 2.47. The number of anilines is 2. The van der Waals surface area contributed by atoms with Gasteiger partial charge in [0.15, 0.2) is 0 Å². The molecule has 0 unspecified atom stereocenters. The van der Waals surface area contributed by atoms with E-state index in [1.165, 1.54) is 6.07 Å². The van der Waals surface area contributed by atoms with E-state index in [-0.39, 0.29) is 0 Å². The number of hydrogen-bond acceptors (Lipinski definition) is 5. The van der Waals surface area contributed by atoms with Gasteiger partial charge in [-0.1, -0.05) is 18.2 Å². The first-order valence-corrected chi connectivity index (χ1v) is 10.5. The van der Waals surface area contributed by atoms with Crippen molar-refractivity contribution in [3.8, 4) is 0 Å². The van der Waals surface area contributed by atoms with Crippen molar-refractivity contribution in [3.63, 3.8) is 0 Å². The van der Waals surface area contributed by atoms with Crippen molar-refractivity contribution in [2.75, 3.05) is 22.9 Å². The van der Waals surface area contributed by atoms with E-state index >= 15 is 0 Å². The van der Waals surface area contributed by atoms with E-state index < -0.39 is 20.2 Å². The first-order valence-electron chi connectivity index (χ1n) is 9.00. The minimum atomic E-state index is -5.42. The van der Waals surface area contributed by atoms with Crippen molar-refractivity contribution in [2.45, 2.75) is 24.3 Å². The highest BCUT2D eigenvalue weighted by Crippen LogP contribution is 2.43. The third-order valence-electron chi connectivity index (χ3n) is 4.53. The van der Waals surface area contributed by atoms with Crippen LogP contribution in [0.2, 0.25) is 0 Å². The Bertz CT molecular complexity index is 1050. The first-order chi connectivity index (χ1) is 13.7. The molecule has 3 rings (SSSR count). The monoisotopic (exact) mass is 423 g/mol. The number of rotatable bonds is 5. The summed E-state index contributed by atoms with van der Waals surface area (Å²) in [7, 11) is -5.42. The molecule has 0 spiro atoms. The molecule has 154 valence electrons. The molecule has 29 heavy (non-hydrogen) atoms. The molecule has 0 bridgehead atoms. The number of alkyl halides is 3. The van der Waals surface area contributed by atoms with Gasteiger partial charge in [-0.2, -0.15) is 13.2 Å². The van der Waals surface area contributed by atoms with Gasteiger partial charge in [0.2, 0.25) is 0 Å². The van der Waals surface area contributed by atoms with Gasteiger partial charge in [0.1, 0.15) is 5.82 Å². The van der Waals surface area contributed by atoms with Gasteiger partial charge in [-0.15, -0.1) is 0 Å². The lowest BCUT2D eigenvalue weighted by Crippen LogP contribution is -2.28. The summed E-state index contributed by atoms with van der Waals surface area (Å²) in [4.78, 5) is 7.27. The van der Waals surface area contributed by atoms with Crippen LogP contribution in [0.4, 0.5) is 30.2 Å². The van der Waals surface area contributed by atoms with Crippen LogP contribution in [-0.4, -0.2) is 33.2 Å². The molecule has 1 heterocycles. The summed E-state index contributed by atoms with van der Waals surface area (Å²) in [6.07, 6.45) is 3.38. The van der Waals surface area contributed by atoms with Crippen LogP contribution >= 0.6 is 0 Å². The van der Waals surface area contributed by atoms with Gasteiger partial charge in [0.05, 0.1) is 22.0 Å². The molecule has 0 amide bonds. The number of aliphatic imine (C=N–C) groups is 1. The molecular formula is C20H20F3N3O2S. The maximum absolute atomic E-state index is 13.0. The highest BCUT2D eigenvalue weighted by atomic mass is 32.2. The zero-order chi connectivity index (χ0) is 21.2. The molecule has 2 aromatic rings. The van der Waals surface area contributed by atoms with Gasteiger partial charge >= 0.3 is 5.51 Å². The standard InChI is InChI=1S/C20H20F3N3O2S/c1-3-25-17-11-10-16(29(27,28)20(21,22)23)14-18(17)26(4-2)19(25)12-13-24-15-8-6-5-7-9-15/h5-14H,3-4H2,1-2H3/b19-12-,24-13?. The van der Waals surface area contributed by atoms with Gasteiger partial charge < -0.3 is 9.80 Å². The fraction of sp³-hybridized carbons (Fsp3) is 0.250. The second-order valence-electron chi connectivity index (χ2n) is 6.23. The SMILES string of the molecule is CCN1/C(=C/C=Nc2ccccc2)N(CC)c2cc(S(=O)(=O)C(F)(F)F)ccc21.